The zero-order valence-corrected chi connectivity index (χ0v) is 14.1. The van der Waals surface area contributed by atoms with Gasteiger partial charge in [0.1, 0.15) is 0 Å². The van der Waals surface area contributed by atoms with Gasteiger partial charge < -0.3 is 10.6 Å². The second-order valence-corrected chi connectivity index (χ2v) is 5.66. The fourth-order valence-corrected chi connectivity index (χ4v) is 2.68. The smallest absolute Gasteiger partial charge is 0.240 e. The number of likely N-dealkylation sites (tertiary alicyclic amines) is 1. The van der Waals surface area contributed by atoms with E-state index in [1.54, 1.807) is 0 Å². The van der Waals surface area contributed by atoms with Crippen LogP contribution in [-0.4, -0.2) is 55.5 Å². The third-order valence-electron chi connectivity index (χ3n) is 3.70. The van der Waals surface area contributed by atoms with E-state index in [0.717, 1.165) is 32.5 Å². The molecule has 0 saturated carbocycles. The van der Waals surface area contributed by atoms with Crippen LogP contribution in [0, 0.1) is 11.8 Å². The second kappa shape index (κ2) is 9.81. The highest BCUT2D eigenvalue weighted by atomic mass is 35.5. The van der Waals surface area contributed by atoms with E-state index < -0.39 is 0 Å². The molecule has 4 nitrogen and oxygen atoms in total. The maximum atomic E-state index is 12.4. The van der Waals surface area contributed by atoms with Crippen molar-refractivity contribution in [1.29, 1.82) is 0 Å². The van der Waals surface area contributed by atoms with Gasteiger partial charge in [-0.1, -0.05) is 13.8 Å². The molecule has 0 aliphatic carbocycles. The molecule has 1 aliphatic heterocycles. The molecule has 0 spiro atoms. The standard InChI is InChI=1S/C13H27N3O.2ClH/c1-10(2)12(15(3)4)13(17)16-7-5-11(9-14)6-8-16;;/h10-12H,5-9,14H2,1-4H3;2*1H. The molecule has 0 radical (unpaired) electrons. The van der Waals surface area contributed by atoms with Gasteiger partial charge in [-0.3, -0.25) is 9.69 Å². The molecular weight excluding hydrogens is 285 g/mol. The predicted octanol–water partition coefficient (Wildman–Crippen LogP) is 1.61. The summed E-state index contributed by atoms with van der Waals surface area (Å²) >= 11 is 0. The summed E-state index contributed by atoms with van der Waals surface area (Å²) in [6, 6.07) is 0.00410. The molecule has 19 heavy (non-hydrogen) atoms. The zero-order valence-electron chi connectivity index (χ0n) is 12.5. The van der Waals surface area contributed by atoms with Gasteiger partial charge in [0.25, 0.3) is 0 Å². The van der Waals surface area contributed by atoms with Crippen molar-refractivity contribution in [3.63, 3.8) is 0 Å². The van der Waals surface area contributed by atoms with Gasteiger partial charge in [-0.25, -0.2) is 0 Å². The monoisotopic (exact) mass is 313 g/mol. The van der Waals surface area contributed by atoms with Crippen molar-refractivity contribution in [3.05, 3.63) is 0 Å². The average Bonchev–Trinajstić information content (AvgIpc) is 2.28. The predicted molar refractivity (Wildman–Crippen MR) is 85.2 cm³/mol. The molecule has 1 rings (SSSR count). The number of carbonyl (C=O) groups is 1. The number of nitrogens with two attached hydrogens (primary N) is 1. The Morgan fingerprint density at radius 3 is 2.05 bits per heavy atom. The SMILES string of the molecule is CC(C)C(C(=O)N1CCC(CN)CC1)N(C)C.Cl.Cl. The van der Waals surface area contributed by atoms with Gasteiger partial charge >= 0.3 is 0 Å². The third kappa shape index (κ3) is 5.86. The van der Waals surface area contributed by atoms with Crippen LogP contribution in [0.15, 0.2) is 0 Å². The van der Waals surface area contributed by atoms with E-state index >= 15 is 0 Å². The molecule has 0 aromatic heterocycles. The van der Waals surface area contributed by atoms with Gasteiger partial charge in [-0.2, -0.15) is 0 Å². The minimum atomic E-state index is 0. The first-order chi connectivity index (χ1) is 7.97. The minimum Gasteiger partial charge on any atom is -0.341 e. The summed E-state index contributed by atoms with van der Waals surface area (Å²) in [5.41, 5.74) is 5.67. The number of likely N-dealkylation sites (N-methyl/N-ethyl adjacent to an activating group) is 1. The summed E-state index contributed by atoms with van der Waals surface area (Å²) in [5.74, 6) is 1.24. The molecule has 1 atom stereocenters. The van der Waals surface area contributed by atoms with Gasteiger partial charge in [-0.15, -0.1) is 24.8 Å². The molecule has 1 saturated heterocycles. The maximum Gasteiger partial charge on any atom is 0.240 e. The number of piperidine rings is 1. The number of hydrogen-bond donors (Lipinski definition) is 1. The molecule has 0 aromatic carbocycles. The number of nitrogens with zero attached hydrogens (tertiary/aromatic N) is 2. The Morgan fingerprint density at radius 1 is 1.26 bits per heavy atom. The summed E-state index contributed by atoms with van der Waals surface area (Å²) < 4.78 is 0. The number of carbonyl (C=O) groups excluding carboxylic acids is 1. The summed E-state index contributed by atoms with van der Waals surface area (Å²) in [6.45, 7) is 6.71. The number of rotatable bonds is 4. The van der Waals surface area contributed by atoms with Crippen molar-refractivity contribution >= 4 is 30.7 Å². The molecule has 1 aliphatic rings. The fourth-order valence-electron chi connectivity index (χ4n) is 2.68. The molecule has 0 aromatic rings. The van der Waals surface area contributed by atoms with E-state index in [-0.39, 0.29) is 36.8 Å². The van der Waals surface area contributed by atoms with E-state index in [0.29, 0.717) is 11.8 Å². The molecule has 1 amide bonds. The largest absolute Gasteiger partial charge is 0.341 e. The van der Waals surface area contributed by atoms with Gasteiger partial charge in [-0.05, 0) is 45.3 Å². The lowest BCUT2D eigenvalue weighted by Gasteiger charge is -2.37. The van der Waals surface area contributed by atoms with E-state index in [1.165, 1.54) is 0 Å². The highest BCUT2D eigenvalue weighted by Crippen LogP contribution is 2.19. The molecule has 1 heterocycles. The average molecular weight is 314 g/mol. The van der Waals surface area contributed by atoms with E-state index in [9.17, 15) is 4.79 Å². The second-order valence-electron chi connectivity index (χ2n) is 5.66. The number of halogens is 2. The van der Waals surface area contributed by atoms with Crippen molar-refractivity contribution < 1.29 is 4.79 Å². The summed E-state index contributed by atoms with van der Waals surface area (Å²) in [7, 11) is 3.96. The lowest BCUT2D eigenvalue weighted by molar-refractivity contribution is -0.139. The lowest BCUT2D eigenvalue weighted by atomic mass is 9.95. The van der Waals surface area contributed by atoms with Crippen molar-refractivity contribution in [1.82, 2.24) is 9.80 Å². The van der Waals surface area contributed by atoms with Crippen molar-refractivity contribution in [2.24, 2.45) is 17.6 Å². The van der Waals surface area contributed by atoms with Gasteiger partial charge in [0, 0.05) is 13.1 Å². The van der Waals surface area contributed by atoms with Crippen LogP contribution in [0.4, 0.5) is 0 Å². The van der Waals surface area contributed by atoms with Crippen LogP contribution in [0.5, 0.6) is 0 Å². The maximum absolute atomic E-state index is 12.4. The van der Waals surface area contributed by atoms with E-state index in [1.807, 2.05) is 23.9 Å². The molecule has 6 heteroatoms. The topological polar surface area (TPSA) is 49.6 Å². The third-order valence-corrected chi connectivity index (χ3v) is 3.70. The highest BCUT2D eigenvalue weighted by molar-refractivity contribution is 5.85. The Labute approximate surface area is 129 Å². The lowest BCUT2D eigenvalue weighted by Crippen LogP contribution is -2.51. The summed E-state index contributed by atoms with van der Waals surface area (Å²) in [4.78, 5) is 16.5. The molecule has 1 unspecified atom stereocenters. The summed E-state index contributed by atoms with van der Waals surface area (Å²) in [5, 5.41) is 0. The minimum absolute atomic E-state index is 0. The highest BCUT2D eigenvalue weighted by Gasteiger charge is 2.30. The van der Waals surface area contributed by atoms with Crippen LogP contribution < -0.4 is 5.73 Å². The Morgan fingerprint density at radius 2 is 1.74 bits per heavy atom. The van der Waals surface area contributed by atoms with Crippen LogP contribution in [0.1, 0.15) is 26.7 Å². The van der Waals surface area contributed by atoms with Crippen molar-refractivity contribution in [2.75, 3.05) is 33.7 Å². The Balaban J connectivity index is 0. The Hall–Kier alpha value is -0.0300. The zero-order chi connectivity index (χ0) is 13.0. The van der Waals surface area contributed by atoms with Crippen molar-refractivity contribution in [3.8, 4) is 0 Å². The first kappa shape index (κ1) is 21.3. The van der Waals surface area contributed by atoms with Gasteiger partial charge in [0.2, 0.25) is 5.91 Å². The quantitative estimate of drug-likeness (QED) is 0.858. The van der Waals surface area contributed by atoms with Crippen LogP contribution >= 0.6 is 24.8 Å². The Kier molecular flexibility index (Phi) is 11.0. The molecular formula is C13H29Cl2N3O. The molecule has 116 valence electrons. The summed E-state index contributed by atoms with van der Waals surface area (Å²) in [6.07, 6.45) is 2.11. The normalized spacial score (nSPS) is 17.9. The Bertz CT molecular complexity index is 246. The van der Waals surface area contributed by atoms with Crippen LogP contribution in [0.2, 0.25) is 0 Å². The van der Waals surface area contributed by atoms with E-state index in [2.05, 4.69) is 13.8 Å². The van der Waals surface area contributed by atoms with Crippen LogP contribution in [-0.2, 0) is 4.79 Å². The van der Waals surface area contributed by atoms with Crippen molar-refractivity contribution in [2.45, 2.75) is 32.7 Å². The molecule has 0 bridgehead atoms. The van der Waals surface area contributed by atoms with Crippen LogP contribution in [0.3, 0.4) is 0 Å². The first-order valence-electron chi connectivity index (χ1n) is 6.62. The fraction of sp³-hybridized carbons (Fsp3) is 0.923. The first-order valence-corrected chi connectivity index (χ1v) is 6.62. The number of hydrogen-bond acceptors (Lipinski definition) is 3. The van der Waals surface area contributed by atoms with E-state index in [4.69, 9.17) is 5.73 Å². The van der Waals surface area contributed by atoms with Gasteiger partial charge in [0.05, 0.1) is 6.04 Å². The molecule has 2 N–H and O–H groups in total. The number of amides is 1. The molecule has 1 fully saturated rings. The van der Waals surface area contributed by atoms with Gasteiger partial charge in [0.15, 0.2) is 0 Å². The van der Waals surface area contributed by atoms with Crippen LogP contribution in [0.25, 0.3) is 0 Å².